The van der Waals surface area contributed by atoms with Crippen LogP contribution >= 0.6 is 0 Å². The van der Waals surface area contributed by atoms with Crippen molar-refractivity contribution in [3.63, 3.8) is 0 Å². The van der Waals surface area contributed by atoms with Crippen molar-refractivity contribution in [2.45, 2.75) is 81.4 Å². The van der Waals surface area contributed by atoms with Crippen LogP contribution in [0.15, 0.2) is 79.0 Å². The first-order valence-electron chi connectivity index (χ1n) is 19.0. The number of aromatic hydroxyl groups is 2. The Morgan fingerprint density at radius 3 is 1.90 bits per heavy atom. The summed E-state index contributed by atoms with van der Waals surface area (Å²) in [6, 6.07) is 10.6. The number of nitrogens with one attached hydrogen (secondary N) is 5. The minimum atomic E-state index is -1.59. The van der Waals surface area contributed by atoms with Gasteiger partial charge in [-0.2, -0.15) is 0 Å². The number of H-pyrrole nitrogens is 1. The molecule has 18 nitrogen and oxygen atoms in total. The summed E-state index contributed by atoms with van der Waals surface area (Å²) in [6.07, 6.45) is 0.483. The fourth-order valence-electron chi connectivity index (χ4n) is 6.91. The number of nitrogens with zero attached hydrogens (tertiary/aromatic N) is 1. The number of carbonyl (C=O) groups excluding carboxylic acids is 5. The number of benzene rings is 3. The second-order valence-corrected chi connectivity index (χ2v) is 14.5. The number of carbonyl (C=O) groups is 6. The summed E-state index contributed by atoms with van der Waals surface area (Å²) in [7, 11) is 0. The first kappa shape index (κ1) is 43.6. The van der Waals surface area contributed by atoms with E-state index in [2.05, 4.69) is 26.3 Å². The van der Waals surface area contributed by atoms with E-state index in [4.69, 9.17) is 5.73 Å². The molecule has 4 aromatic rings. The third kappa shape index (κ3) is 11.3. The van der Waals surface area contributed by atoms with Crippen molar-refractivity contribution in [1.82, 2.24) is 31.2 Å². The molecule has 0 unspecified atom stereocenters. The van der Waals surface area contributed by atoms with Gasteiger partial charge < -0.3 is 62.4 Å². The molecule has 0 bridgehead atoms. The molecule has 314 valence electrons. The molecule has 1 saturated heterocycles. The Balaban J connectivity index is 1.39. The Labute approximate surface area is 338 Å². The summed E-state index contributed by atoms with van der Waals surface area (Å²) in [4.78, 5) is 84.7. The SMILES string of the molecule is C[C@@H](O)[C@H](NC(=O)[C@H](Cc1ccc(O)cc1)NC(=O)[C@H](Cc1c[nH]c2ccccc12)NC(=O)[C@H](CO)NC(=O)[C@@H](N)Cc1ccc(O)cc1)C(=O)N1CCC[C@H]1C(=O)O. The molecular formula is C41H49N7O11. The second-order valence-electron chi connectivity index (χ2n) is 14.5. The molecule has 1 aromatic heterocycles. The van der Waals surface area contributed by atoms with E-state index < -0.39 is 84.5 Å². The summed E-state index contributed by atoms with van der Waals surface area (Å²) in [5.41, 5.74) is 8.52. The van der Waals surface area contributed by atoms with Crippen LogP contribution < -0.4 is 27.0 Å². The zero-order valence-corrected chi connectivity index (χ0v) is 32.2. The molecule has 0 spiro atoms. The van der Waals surface area contributed by atoms with Crippen molar-refractivity contribution < 1.29 is 54.3 Å². The zero-order valence-electron chi connectivity index (χ0n) is 32.2. The molecule has 7 atom stereocenters. The molecule has 2 heterocycles. The maximum absolute atomic E-state index is 14.3. The van der Waals surface area contributed by atoms with Crippen LogP contribution in [-0.2, 0) is 48.0 Å². The number of carboxylic acid groups (broad SMARTS) is 1. The lowest BCUT2D eigenvalue weighted by Crippen LogP contribution is -2.61. The van der Waals surface area contributed by atoms with Crippen LogP contribution in [-0.4, -0.2) is 126 Å². The lowest BCUT2D eigenvalue weighted by Gasteiger charge is -2.30. The van der Waals surface area contributed by atoms with Crippen LogP contribution in [0.2, 0.25) is 0 Å². The molecule has 0 radical (unpaired) electrons. The molecule has 1 fully saturated rings. The topological polar surface area (TPSA) is 297 Å². The van der Waals surface area contributed by atoms with E-state index in [1.807, 2.05) is 6.07 Å². The van der Waals surface area contributed by atoms with Crippen molar-refractivity contribution in [2.24, 2.45) is 5.73 Å². The smallest absolute Gasteiger partial charge is 0.326 e. The summed E-state index contributed by atoms with van der Waals surface area (Å²) in [5.74, 6) is -5.61. The number of phenolic OH excluding ortho intramolecular Hbond substituents is 2. The van der Waals surface area contributed by atoms with Gasteiger partial charge in [-0.05, 0) is 73.2 Å². The number of fused-ring (bicyclic) bond motifs is 1. The van der Waals surface area contributed by atoms with Crippen molar-refractivity contribution in [2.75, 3.05) is 13.2 Å². The van der Waals surface area contributed by atoms with Gasteiger partial charge in [-0.3, -0.25) is 24.0 Å². The van der Waals surface area contributed by atoms with E-state index in [9.17, 15) is 54.3 Å². The molecule has 5 rings (SSSR count). The van der Waals surface area contributed by atoms with Gasteiger partial charge >= 0.3 is 5.97 Å². The number of aliphatic hydroxyl groups is 2. The number of aromatic nitrogens is 1. The number of likely N-dealkylation sites (tertiary alicyclic amines) is 1. The molecule has 1 aliphatic heterocycles. The number of aliphatic hydroxyl groups excluding tert-OH is 2. The van der Waals surface area contributed by atoms with Crippen molar-refractivity contribution in [1.29, 1.82) is 0 Å². The predicted octanol–water partition coefficient (Wildman–Crippen LogP) is -0.678. The highest BCUT2D eigenvalue weighted by molar-refractivity contribution is 5.97. The van der Waals surface area contributed by atoms with Gasteiger partial charge in [0, 0.05) is 36.5 Å². The first-order chi connectivity index (χ1) is 28.1. The van der Waals surface area contributed by atoms with Crippen molar-refractivity contribution in [3.05, 3.63) is 95.7 Å². The standard InChI is InChI=1S/C41H49N7O11/c1-22(50)35(40(57)48-16-4-7-34(48)41(58)59)47-38(55)31(18-24-10-14-27(52)15-11-24)44-37(54)32(19-25-20-43-30-6-3-2-5-28(25)30)45-39(56)33(21-49)46-36(53)29(42)17-23-8-12-26(51)13-9-23/h2-3,5-6,8-15,20,22,29,31-35,43,49-52H,4,7,16-19,21,42H2,1H3,(H,44,54)(H,45,56)(H,46,53)(H,47,55)(H,58,59)/t22-,29+,31+,32+,33+,34+,35+/m1/s1. The van der Waals surface area contributed by atoms with Crippen LogP contribution in [0.4, 0.5) is 0 Å². The quantitative estimate of drug-likeness (QED) is 0.0596. The molecule has 1 aliphatic rings. The third-order valence-corrected chi connectivity index (χ3v) is 10.2. The Kier molecular flexibility index (Phi) is 14.6. The molecule has 12 N–H and O–H groups in total. The van der Waals surface area contributed by atoms with Gasteiger partial charge in [-0.25, -0.2) is 4.79 Å². The second kappa shape index (κ2) is 19.8. The maximum Gasteiger partial charge on any atom is 0.326 e. The van der Waals surface area contributed by atoms with Gasteiger partial charge in [0.2, 0.25) is 29.5 Å². The number of hydrogen-bond donors (Lipinski definition) is 11. The van der Waals surface area contributed by atoms with E-state index in [0.717, 1.165) is 15.8 Å². The fraction of sp³-hybridized carbons (Fsp3) is 0.366. The van der Waals surface area contributed by atoms with E-state index in [1.165, 1.54) is 43.3 Å². The van der Waals surface area contributed by atoms with Crippen molar-refractivity contribution in [3.8, 4) is 11.5 Å². The number of phenols is 2. The van der Waals surface area contributed by atoms with Crippen LogP contribution in [0.25, 0.3) is 10.9 Å². The number of amides is 5. The van der Waals surface area contributed by atoms with E-state index in [-0.39, 0.29) is 43.7 Å². The number of aromatic amines is 1. The van der Waals surface area contributed by atoms with Crippen LogP contribution in [0.5, 0.6) is 11.5 Å². The average molecular weight is 816 g/mol. The average Bonchev–Trinajstić information content (AvgIpc) is 3.88. The van der Waals surface area contributed by atoms with Gasteiger partial charge in [0.15, 0.2) is 0 Å². The number of aliphatic carboxylic acids is 1. The maximum atomic E-state index is 14.3. The number of carboxylic acids is 1. The Morgan fingerprint density at radius 1 is 0.763 bits per heavy atom. The van der Waals surface area contributed by atoms with E-state index in [0.29, 0.717) is 23.1 Å². The molecule has 5 amide bonds. The van der Waals surface area contributed by atoms with E-state index in [1.54, 1.807) is 36.5 Å². The molecule has 0 aliphatic carbocycles. The summed E-state index contributed by atoms with van der Waals surface area (Å²) in [6.45, 7) is 0.481. The molecule has 3 aromatic carbocycles. The number of para-hydroxylation sites is 1. The molecule has 18 heteroatoms. The molecule has 0 saturated carbocycles. The van der Waals surface area contributed by atoms with Gasteiger partial charge in [0.05, 0.1) is 18.8 Å². The van der Waals surface area contributed by atoms with Crippen molar-refractivity contribution >= 4 is 46.4 Å². The summed E-state index contributed by atoms with van der Waals surface area (Å²) in [5, 5.41) is 60.8. The fourth-order valence-corrected chi connectivity index (χ4v) is 6.91. The van der Waals surface area contributed by atoms with Crippen LogP contribution in [0.1, 0.15) is 36.5 Å². The first-order valence-corrected chi connectivity index (χ1v) is 19.0. The monoisotopic (exact) mass is 815 g/mol. The minimum absolute atomic E-state index is 0.0227. The van der Waals surface area contributed by atoms with Gasteiger partial charge in [-0.15, -0.1) is 0 Å². The highest BCUT2D eigenvalue weighted by Crippen LogP contribution is 2.21. The van der Waals surface area contributed by atoms with Gasteiger partial charge in [0.1, 0.15) is 41.7 Å². The normalized spacial score (nSPS) is 16.9. The predicted molar refractivity (Wildman–Crippen MR) is 212 cm³/mol. The third-order valence-electron chi connectivity index (χ3n) is 10.2. The van der Waals surface area contributed by atoms with E-state index >= 15 is 0 Å². The summed E-state index contributed by atoms with van der Waals surface area (Å²) >= 11 is 0. The molecular weight excluding hydrogens is 766 g/mol. The number of rotatable bonds is 18. The number of nitrogens with two attached hydrogens (primary N) is 1. The Hall–Kier alpha value is -6.50. The lowest BCUT2D eigenvalue weighted by atomic mass is 10.0. The van der Waals surface area contributed by atoms with Crippen LogP contribution in [0.3, 0.4) is 0 Å². The highest BCUT2D eigenvalue weighted by atomic mass is 16.4. The zero-order chi connectivity index (χ0) is 42.8. The largest absolute Gasteiger partial charge is 0.508 e. The Morgan fingerprint density at radius 2 is 1.31 bits per heavy atom. The van der Waals surface area contributed by atoms with Gasteiger partial charge in [-0.1, -0.05) is 42.5 Å². The summed E-state index contributed by atoms with van der Waals surface area (Å²) < 4.78 is 0. The lowest BCUT2D eigenvalue weighted by molar-refractivity contribution is -0.150. The van der Waals surface area contributed by atoms with Crippen LogP contribution in [0, 0.1) is 0 Å². The highest BCUT2D eigenvalue weighted by Gasteiger charge is 2.40. The van der Waals surface area contributed by atoms with Gasteiger partial charge in [0.25, 0.3) is 0 Å². The molecule has 59 heavy (non-hydrogen) atoms. The minimum Gasteiger partial charge on any atom is -0.508 e. The number of hydrogen-bond acceptors (Lipinski definition) is 11. The Bertz CT molecular complexity index is 2120.